The van der Waals surface area contributed by atoms with Gasteiger partial charge in [-0.05, 0) is 36.8 Å². The molecule has 2 aromatic heterocycles. The minimum atomic E-state index is -0.410. The molecule has 0 fully saturated rings. The molecule has 102 valence electrons. The Bertz CT molecular complexity index is 671. The van der Waals surface area contributed by atoms with Gasteiger partial charge in [0, 0.05) is 23.0 Å². The van der Waals surface area contributed by atoms with Gasteiger partial charge in [-0.15, -0.1) is 11.8 Å². The fourth-order valence-electron chi connectivity index (χ4n) is 2.06. The first kappa shape index (κ1) is 13.2. The Morgan fingerprint density at radius 2 is 2.00 bits per heavy atom. The smallest absolute Gasteiger partial charge is 0.137 e. The molecule has 0 radical (unpaired) electrons. The summed E-state index contributed by atoms with van der Waals surface area (Å²) in [5.74, 6) is 0.843. The maximum Gasteiger partial charge on any atom is 0.137 e. The summed E-state index contributed by atoms with van der Waals surface area (Å²) in [5.41, 5.74) is 3.00. The molecule has 3 aromatic rings. The lowest BCUT2D eigenvalue weighted by molar-refractivity contribution is 0.199. The monoisotopic (exact) mass is 284 g/mol. The first-order chi connectivity index (χ1) is 9.72. The molecule has 1 unspecified atom stereocenters. The van der Waals surface area contributed by atoms with Gasteiger partial charge in [-0.1, -0.05) is 18.2 Å². The van der Waals surface area contributed by atoms with Crippen LogP contribution in [0.4, 0.5) is 0 Å². The van der Waals surface area contributed by atoms with Crippen molar-refractivity contribution in [3.05, 3.63) is 66.1 Å². The molecule has 3 rings (SSSR count). The van der Waals surface area contributed by atoms with Crippen molar-refractivity contribution in [2.45, 2.75) is 23.7 Å². The number of imidazole rings is 1. The minimum absolute atomic E-state index is 0.410. The lowest BCUT2D eigenvalue weighted by Gasteiger charge is -2.05. The van der Waals surface area contributed by atoms with E-state index in [9.17, 15) is 5.11 Å². The van der Waals surface area contributed by atoms with E-state index in [4.69, 9.17) is 0 Å². The molecule has 3 nitrogen and oxygen atoms in total. The summed E-state index contributed by atoms with van der Waals surface area (Å²) < 4.78 is 2.03. The van der Waals surface area contributed by atoms with Crippen LogP contribution < -0.4 is 0 Å². The van der Waals surface area contributed by atoms with Gasteiger partial charge in [-0.25, -0.2) is 4.98 Å². The average Bonchev–Trinajstić information content (AvgIpc) is 2.88. The van der Waals surface area contributed by atoms with Crippen LogP contribution in [0.2, 0.25) is 0 Å². The van der Waals surface area contributed by atoms with E-state index in [1.54, 1.807) is 18.7 Å². The molecule has 0 spiro atoms. The molecule has 20 heavy (non-hydrogen) atoms. The number of aliphatic hydroxyl groups excluding tert-OH is 1. The normalized spacial score (nSPS) is 12.7. The summed E-state index contributed by atoms with van der Waals surface area (Å²) in [7, 11) is 0. The lowest BCUT2D eigenvalue weighted by atomic mass is 10.1. The third-order valence-electron chi connectivity index (χ3n) is 3.16. The summed E-state index contributed by atoms with van der Waals surface area (Å²) in [4.78, 5) is 5.76. The Hall–Kier alpha value is -1.78. The number of thioether (sulfide) groups is 1. The maximum absolute atomic E-state index is 9.48. The van der Waals surface area contributed by atoms with Crippen molar-refractivity contribution in [2.24, 2.45) is 0 Å². The molecule has 4 heteroatoms. The van der Waals surface area contributed by atoms with Crippen molar-refractivity contribution in [3.8, 4) is 0 Å². The molecule has 1 N–H and O–H groups in total. The zero-order valence-electron chi connectivity index (χ0n) is 11.2. The van der Waals surface area contributed by atoms with Crippen LogP contribution >= 0.6 is 11.8 Å². The van der Waals surface area contributed by atoms with Crippen molar-refractivity contribution >= 4 is 17.4 Å². The third kappa shape index (κ3) is 2.86. The molecule has 0 aliphatic heterocycles. The Morgan fingerprint density at radius 1 is 1.20 bits per heavy atom. The number of pyridine rings is 1. The average molecular weight is 284 g/mol. The lowest BCUT2D eigenvalue weighted by Crippen LogP contribution is -1.89. The van der Waals surface area contributed by atoms with Crippen LogP contribution in [0.25, 0.3) is 5.65 Å². The summed E-state index contributed by atoms with van der Waals surface area (Å²) in [6.07, 6.45) is 3.66. The fraction of sp³-hybridized carbons (Fsp3) is 0.188. The van der Waals surface area contributed by atoms with Crippen LogP contribution in [-0.2, 0) is 5.75 Å². The van der Waals surface area contributed by atoms with Crippen molar-refractivity contribution in [2.75, 3.05) is 0 Å². The number of nitrogens with zero attached hydrogens (tertiary/aromatic N) is 2. The van der Waals surface area contributed by atoms with Gasteiger partial charge in [0.15, 0.2) is 0 Å². The van der Waals surface area contributed by atoms with Crippen LogP contribution in [0.5, 0.6) is 0 Å². The quantitative estimate of drug-likeness (QED) is 0.743. The van der Waals surface area contributed by atoms with Crippen molar-refractivity contribution in [1.29, 1.82) is 0 Å². The second kappa shape index (κ2) is 5.69. The Labute approximate surface area is 122 Å². The highest BCUT2D eigenvalue weighted by Gasteiger charge is 2.03. The van der Waals surface area contributed by atoms with Gasteiger partial charge in [0.1, 0.15) is 5.65 Å². The Kier molecular flexibility index (Phi) is 3.76. The molecule has 1 aromatic carbocycles. The first-order valence-corrected chi connectivity index (χ1v) is 7.54. The number of hydrogen-bond donors (Lipinski definition) is 1. The number of aliphatic hydroxyl groups is 1. The van der Waals surface area contributed by atoms with E-state index in [1.807, 2.05) is 53.1 Å². The predicted octanol–water partition coefficient (Wildman–Crippen LogP) is 3.68. The maximum atomic E-state index is 9.48. The van der Waals surface area contributed by atoms with Gasteiger partial charge in [0.2, 0.25) is 0 Å². The van der Waals surface area contributed by atoms with Crippen LogP contribution in [-0.4, -0.2) is 14.5 Å². The molecule has 0 amide bonds. The summed E-state index contributed by atoms with van der Waals surface area (Å²) >= 11 is 1.75. The largest absolute Gasteiger partial charge is 0.389 e. The summed E-state index contributed by atoms with van der Waals surface area (Å²) in [6.45, 7) is 1.78. The molecular formula is C16H16N2OS. The van der Waals surface area contributed by atoms with Gasteiger partial charge in [-0.3, -0.25) is 0 Å². The van der Waals surface area contributed by atoms with E-state index in [0.717, 1.165) is 22.7 Å². The van der Waals surface area contributed by atoms with E-state index in [-0.39, 0.29) is 0 Å². The fourth-order valence-corrected chi connectivity index (χ4v) is 2.84. The van der Waals surface area contributed by atoms with Crippen molar-refractivity contribution < 1.29 is 5.11 Å². The zero-order chi connectivity index (χ0) is 13.9. The number of rotatable bonds is 4. The van der Waals surface area contributed by atoms with E-state index >= 15 is 0 Å². The standard InChI is InChI=1S/C16H16N2OS/c1-12(19)13-5-7-15(8-6-13)20-11-14-10-18-9-3-2-4-16(18)17-14/h2-10,12,19H,11H2,1H3. The van der Waals surface area contributed by atoms with Crippen LogP contribution in [0.15, 0.2) is 59.8 Å². The third-order valence-corrected chi connectivity index (χ3v) is 4.21. The van der Waals surface area contributed by atoms with E-state index in [0.29, 0.717) is 0 Å². The van der Waals surface area contributed by atoms with E-state index in [2.05, 4.69) is 11.2 Å². The van der Waals surface area contributed by atoms with Crippen LogP contribution in [0.3, 0.4) is 0 Å². The molecule has 0 saturated heterocycles. The van der Waals surface area contributed by atoms with Gasteiger partial charge in [-0.2, -0.15) is 0 Å². The number of fused-ring (bicyclic) bond motifs is 1. The number of hydrogen-bond acceptors (Lipinski definition) is 3. The van der Waals surface area contributed by atoms with Crippen molar-refractivity contribution in [3.63, 3.8) is 0 Å². The van der Waals surface area contributed by atoms with Gasteiger partial charge in [0.25, 0.3) is 0 Å². The van der Waals surface area contributed by atoms with Gasteiger partial charge < -0.3 is 9.51 Å². The second-order valence-corrected chi connectivity index (χ2v) is 5.78. The van der Waals surface area contributed by atoms with E-state index < -0.39 is 6.10 Å². The molecule has 1 atom stereocenters. The number of benzene rings is 1. The predicted molar refractivity (Wildman–Crippen MR) is 81.8 cm³/mol. The summed E-state index contributed by atoms with van der Waals surface area (Å²) in [5, 5.41) is 9.48. The van der Waals surface area contributed by atoms with Crippen LogP contribution in [0.1, 0.15) is 24.3 Å². The molecular weight excluding hydrogens is 268 g/mol. The highest BCUT2D eigenvalue weighted by atomic mass is 32.2. The topological polar surface area (TPSA) is 37.5 Å². The summed E-state index contributed by atoms with van der Waals surface area (Å²) in [6, 6.07) is 14.0. The first-order valence-electron chi connectivity index (χ1n) is 6.56. The van der Waals surface area contributed by atoms with Crippen LogP contribution in [0, 0.1) is 0 Å². The highest BCUT2D eigenvalue weighted by molar-refractivity contribution is 7.98. The Balaban J connectivity index is 1.69. The van der Waals surface area contributed by atoms with Gasteiger partial charge >= 0.3 is 0 Å². The molecule has 0 saturated carbocycles. The zero-order valence-corrected chi connectivity index (χ0v) is 12.0. The van der Waals surface area contributed by atoms with E-state index in [1.165, 1.54) is 4.90 Å². The molecule has 0 bridgehead atoms. The molecule has 2 heterocycles. The second-order valence-electron chi connectivity index (χ2n) is 4.73. The SMILES string of the molecule is CC(O)c1ccc(SCc2cn3ccccc3n2)cc1. The number of aromatic nitrogens is 2. The highest BCUT2D eigenvalue weighted by Crippen LogP contribution is 2.24. The Morgan fingerprint density at radius 3 is 2.70 bits per heavy atom. The molecule has 0 aliphatic rings. The minimum Gasteiger partial charge on any atom is -0.389 e. The molecule has 0 aliphatic carbocycles. The van der Waals surface area contributed by atoms with Gasteiger partial charge in [0.05, 0.1) is 11.8 Å². The van der Waals surface area contributed by atoms with Crippen molar-refractivity contribution in [1.82, 2.24) is 9.38 Å².